The summed E-state index contributed by atoms with van der Waals surface area (Å²) in [6.07, 6.45) is 0. The number of hydrogen-bond acceptors (Lipinski definition) is 6. The monoisotopic (exact) mass is 322 g/mol. The lowest BCUT2D eigenvalue weighted by Crippen LogP contribution is -2.33. The van der Waals surface area contributed by atoms with Gasteiger partial charge in [-0.1, -0.05) is 0 Å². The lowest BCUT2D eigenvalue weighted by atomic mass is 10.4. The van der Waals surface area contributed by atoms with Gasteiger partial charge >= 0.3 is 0 Å². The Labute approximate surface area is 122 Å². The normalized spacial score (nSPS) is 20.6. The Morgan fingerprint density at radius 2 is 2.26 bits per heavy atom. The minimum absolute atomic E-state index is 0.00814. The molecule has 108 valence electrons. The highest BCUT2D eigenvalue weighted by Crippen LogP contribution is 2.24. The molecular weight excluding hydrogens is 304 g/mol. The minimum atomic E-state index is -3.52. The third-order valence-electron chi connectivity index (χ3n) is 2.64. The topological polar surface area (TPSA) is 71.3 Å². The van der Waals surface area contributed by atoms with Crippen molar-refractivity contribution in [3.63, 3.8) is 0 Å². The van der Waals surface area contributed by atoms with E-state index in [0.29, 0.717) is 24.1 Å². The molecule has 1 unspecified atom stereocenters. The van der Waals surface area contributed by atoms with Crippen LogP contribution in [0.5, 0.6) is 0 Å². The van der Waals surface area contributed by atoms with Crippen LogP contribution in [0.1, 0.15) is 5.76 Å². The number of hydrogen-bond donors (Lipinski definition) is 2. The quantitative estimate of drug-likeness (QED) is 0.818. The van der Waals surface area contributed by atoms with Gasteiger partial charge in [-0.15, -0.1) is 0 Å². The van der Waals surface area contributed by atoms with Crippen molar-refractivity contribution in [3.8, 4) is 0 Å². The molecule has 1 aromatic heterocycles. The number of nitrogens with one attached hydrogen (secondary N) is 2. The van der Waals surface area contributed by atoms with E-state index < -0.39 is 10.0 Å². The average molecular weight is 322 g/mol. The number of thioether (sulfide) groups is 2. The standard InChI is InChI=1S/C11H18N2O3S3/c1-12-6-9-2-3-11(16-9)19(14,15)13-7-10-8-17-4-5-18-10/h2-3,10,12-13H,4-8H2,1H3. The molecule has 2 rings (SSSR count). The molecule has 1 aromatic rings. The van der Waals surface area contributed by atoms with Gasteiger partial charge in [-0.05, 0) is 19.2 Å². The van der Waals surface area contributed by atoms with Gasteiger partial charge in [0.2, 0.25) is 5.09 Å². The van der Waals surface area contributed by atoms with Crippen LogP contribution in [0, 0.1) is 0 Å². The van der Waals surface area contributed by atoms with Gasteiger partial charge in [-0.3, -0.25) is 0 Å². The van der Waals surface area contributed by atoms with Crippen LogP contribution in [0.25, 0.3) is 0 Å². The molecule has 8 heteroatoms. The van der Waals surface area contributed by atoms with Crippen molar-refractivity contribution < 1.29 is 12.8 Å². The summed E-state index contributed by atoms with van der Waals surface area (Å²) in [6.45, 7) is 0.979. The fourth-order valence-electron chi connectivity index (χ4n) is 1.70. The van der Waals surface area contributed by atoms with E-state index in [1.165, 1.54) is 6.07 Å². The summed E-state index contributed by atoms with van der Waals surface area (Å²) in [7, 11) is -1.74. The van der Waals surface area contributed by atoms with Crippen molar-refractivity contribution in [2.45, 2.75) is 16.9 Å². The van der Waals surface area contributed by atoms with E-state index in [1.54, 1.807) is 13.1 Å². The van der Waals surface area contributed by atoms with Crippen LogP contribution in [-0.2, 0) is 16.6 Å². The average Bonchev–Trinajstić information content (AvgIpc) is 2.88. The van der Waals surface area contributed by atoms with E-state index in [0.717, 1.165) is 17.3 Å². The third kappa shape index (κ3) is 4.42. The molecule has 0 radical (unpaired) electrons. The Balaban J connectivity index is 1.92. The zero-order chi connectivity index (χ0) is 13.7. The molecule has 1 fully saturated rings. The molecule has 0 spiro atoms. The largest absolute Gasteiger partial charge is 0.447 e. The van der Waals surface area contributed by atoms with Crippen molar-refractivity contribution in [1.82, 2.24) is 10.0 Å². The molecule has 0 amide bonds. The second-order valence-corrected chi connectivity index (χ2v) is 8.43. The van der Waals surface area contributed by atoms with Gasteiger partial charge in [0.1, 0.15) is 5.76 Å². The number of furan rings is 1. The molecule has 2 N–H and O–H groups in total. The molecular formula is C11H18N2O3S3. The summed E-state index contributed by atoms with van der Waals surface area (Å²) in [5.41, 5.74) is 0. The van der Waals surface area contributed by atoms with Crippen molar-refractivity contribution >= 4 is 33.5 Å². The zero-order valence-corrected chi connectivity index (χ0v) is 13.2. The smallest absolute Gasteiger partial charge is 0.273 e. The van der Waals surface area contributed by atoms with Gasteiger partial charge in [-0.25, -0.2) is 13.1 Å². The second-order valence-electron chi connectivity index (χ2n) is 4.17. The summed E-state index contributed by atoms with van der Waals surface area (Å²) in [4.78, 5) is 0. The van der Waals surface area contributed by atoms with E-state index in [1.807, 2.05) is 23.5 Å². The SMILES string of the molecule is CNCc1ccc(S(=O)(=O)NCC2CSCCS2)o1. The molecule has 1 atom stereocenters. The van der Waals surface area contributed by atoms with E-state index in [2.05, 4.69) is 10.0 Å². The molecule has 1 aliphatic rings. The fraction of sp³-hybridized carbons (Fsp3) is 0.636. The molecule has 5 nitrogen and oxygen atoms in total. The Morgan fingerprint density at radius 1 is 1.42 bits per heavy atom. The summed E-state index contributed by atoms with van der Waals surface area (Å²) in [5, 5.41) is 3.26. The fourth-order valence-corrected chi connectivity index (χ4v) is 5.44. The van der Waals surface area contributed by atoms with Gasteiger partial charge in [0.15, 0.2) is 0 Å². The van der Waals surface area contributed by atoms with Crippen LogP contribution in [-0.4, -0.2) is 44.5 Å². The predicted molar refractivity (Wildman–Crippen MR) is 80.2 cm³/mol. The highest BCUT2D eigenvalue weighted by Gasteiger charge is 2.22. The highest BCUT2D eigenvalue weighted by molar-refractivity contribution is 8.06. The first-order chi connectivity index (χ1) is 9.12. The zero-order valence-electron chi connectivity index (χ0n) is 10.7. The maximum absolute atomic E-state index is 12.1. The molecule has 0 bridgehead atoms. The van der Waals surface area contributed by atoms with Crippen molar-refractivity contribution in [2.75, 3.05) is 30.9 Å². The molecule has 1 saturated heterocycles. The molecule has 1 aliphatic heterocycles. The first kappa shape index (κ1) is 15.2. The molecule has 0 saturated carbocycles. The van der Waals surface area contributed by atoms with Gasteiger partial charge in [0.05, 0.1) is 6.54 Å². The Hall–Kier alpha value is -0.150. The Morgan fingerprint density at radius 3 is 2.95 bits per heavy atom. The molecule has 0 aromatic carbocycles. The summed E-state index contributed by atoms with van der Waals surface area (Å²) < 4.78 is 32.0. The van der Waals surface area contributed by atoms with E-state index in [-0.39, 0.29) is 5.09 Å². The van der Waals surface area contributed by atoms with Crippen LogP contribution in [0.4, 0.5) is 0 Å². The van der Waals surface area contributed by atoms with Crippen LogP contribution in [0.15, 0.2) is 21.6 Å². The van der Waals surface area contributed by atoms with Crippen LogP contribution in [0.2, 0.25) is 0 Å². The van der Waals surface area contributed by atoms with Gasteiger partial charge in [0.25, 0.3) is 10.0 Å². The number of sulfonamides is 1. The minimum Gasteiger partial charge on any atom is -0.447 e. The predicted octanol–water partition coefficient (Wildman–Crippen LogP) is 1.13. The Bertz CT molecular complexity index is 495. The summed E-state index contributed by atoms with van der Waals surface area (Å²) in [6, 6.07) is 3.17. The van der Waals surface area contributed by atoms with Crippen molar-refractivity contribution in [2.24, 2.45) is 0 Å². The maximum Gasteiger partial charge on any atom is 0.273 e. The van der Waals surface area contributed by atoms with Crippen LogP contribution >= 0.6 is 23.5 Å². The van der Waals surface area contributed by atoms with Crippen LogP contribution in [0.3, 0.4) is 0 Å². The first-order valence-electron chi connectivity index (χ1n) is 6.04. The molecule has 19 heavy (non-hydrogen) atoms. The third-order valence-corrected chi connectivity index (χ3v) is 6.78. The van der Waals surface area contributed by atoms with Gasteiger partial charge in [-0.2, -0.15) is 23.5 Å². The molecule has 2 heterocycles. The van der Waals surface area contributed by atoms with Crippen LogP contribution < -0.4 is 10.0 Å². The number of rotatable bonds is 6. The summed E-state index contributed by atoms with van der Waals surface area (Å²) in [5.74, 6) is 3.85. The van der Waals surface area contributed by atoms with Crippen molar-refractivity contribution in [3.05, 3.63) is 17.9 Å². The van der Waals surface area contributed by atoms with Gasteiger partial charge < -0.3 is 9.73 Å². The van der Waals surface area contributed by atoms with E-state index in [9.17, 15) is 8.42 Å². The van der Waals surface area contributed by atoms with Gasteiger partial charge in [0, 0.05) is 29.1 Å². The summed E-state index contributed by atoms with van der Waals surface area (Å²) >= 11 is 3.70. The van der Waals surface area contributed by atoms with E-state index >= 15 is 0 Å². The lowest BCUT2D eigenvalue weighted by molar-refractivity contribution is 0.404. The maximum atomic E-state index is 12.1. The molecule has 0 aliphatic carbocycles. The first-order valence-corrected chi connectivity index (χ1v) is 9.73. The second kappa shape index (κ2) is 7.03. The van der Waals surface area contributed by atoms with Crippen molar-refractivity contribution in [1.29, 1.82) is 0 Å². The Kier molecular flexibility index (Phi) is 5.64. The highest BCUT2D eigenvalue weighted by atomic mass is 32.2. The lowest BCUT2D eigenvalue weighted by Gasteiger charge is -2.20. The van der Waals surface area contributed by atoms with E-state index in [4.69, 9.17) is 4.42 Å².